The van der Waals surface area contributed by atoms with Gasteiger partial charge in [0, 0.05) is 30.9 Å². The normalized spacial score (nSPS) is 19.4. The van der Waals surface area contributed by atoms with Crippen molar-refractivity contribution in [2.24, 2.45) is 0 Å². The summed E-state index contributed by atoms with van der Waals surface area (Å²) >= 11 is 0. The summed E-state index contributed by atoms with van der Waals surface area (Å²) in [7, 11) is -1.34. The average molecular weight is 366 g/mol. The van der Waals surface area contributed by atoms with E-state index in [9.17, 15) is 13.2 Å². The van der Waals surface area contributed by atoms with Gasteiger partial charge >= 0.3 is 0 Å². The Morgan fingerprint density at radius 3 is 2.72 bits per heavy atom. The van der Waals surface area contributed by atoms with E-state index >= 15 is 0 Å². The second kappa shape index (κ2) is 6.25. The summed E-state index contributed by atoms with van der Waals surface area (Å²) < 4.78 is 24.8. The van der Waals surface area contributed by atoms with E-state index < -0.39 is 9.84 Å². The van der Waals surface area contributed by atoms with Crippen molar-refractivity contribution in [1.82, 2.24) is 24.5 Å². The molecular weight excluding hydrogens is 344 g/mol. The second-order valence-corrected chi connectivity index (χ2v) is 8.73. The third-order valence-corrected chi connectivity index (χ3v) is 6.55. The minimum atomic E-state index is -3.01. The van der Waals surface area contributed by atoms with E-state index in [1.807, 2.05) is 13.8 Å². The van der Waals surface area contributed by atoms with Crippen molar-refractivity contribution in [3.05, 3.63) is 17.0 Å². The summed E-state index contributed by atoms with van der Waals surface area (Å²) in [4.78, 5) is 22.5. The molecule has 1 aliphatic heterocycles. The summed E-state index contributed by atoms with van der Waals surface area (Å²) in [5.41, 5.74) is 8.19. The highest BCUT2D eigenvalue weighted by atomic mass is 32.2. The smallest absolute Gasteiger partial charge is 0.254 e. The Labute approximate surface area is 146 Å². The first-order chi connectivity index (χ1) is 11.7. The predicted octanol–water partition coefficient (Wildman–Crippen LogP) is -0.0986. The molecule has 25 heavy (non-hydrogen) atoms. The molecule has 0 spiro atoms. The van der Waals surface area contributed by atoms with Gasteiger partial charge in [0.05, 0.1) is 11.5 Å². The zero-order chi connectivity index (χ0) is 18.4. The number of rotatable bonds is 4. The van der Waals surface area contributed by atoms with Crippen molar-refractivity contribution >= 4 is 27.5 Å². The number of sulfone groups is 1. The van der Waals surface area contributed by atoms with Crippen LogP contribution in [0.25, 0.3) is 5.78 Å². The number of nitrogens with two attached hydrogens (primary N) is 1. The van der Waals surface area contributed by atoms with E-state index in [0.29, 0.717) is 18.6 Å². The van der Waals surface area contributed by atoms with Crippen molar-refractivity contribution in [2.45, 2.75) is 39.2 Å². The molecule has 1 fully saturated rings. The molecule has 3 heterocycles. The highest BCUT2D eigenvalue weighted by Gasteiger charge is 2.32. The average Bonchev–Trinajstić information content (AvgIpc) is 3.07. The number of carbonyl (C=O) groups excluding carboxylic acids is 1. The minimum Gasteiger partial charge on any atom is -0.366 e. The van der Waals surface area contributed by atoms with Crippen LogP contribution >= 0.6 is 0 Å². The lowest BCUT2D eigenvalue weighted by molar-refractivity contribution is -0.131. The first-order valence-corrected chi connectivity index (χ1v) is 9.94. The van der Waals surface area contributed by atoms with Gasteiger partial charge in [-0.25, -0.2) is 13.4 Å². The van der Waals surface area contributed by atoms with Crippen LogP contribution in [0.5, 0.6) is 0 Å². The third-order valence-electron chi connectivity index (χ3n) is 4.80. The fourth-order valence-electron chi connectivity index (χ4n) is 3.28. The quantitative estimate of drug-likeness (QED) is 0.801. The molecule has 2 aromatic heterocycles. The van der Waals surface area contributed by atoms with Crippen LogP contribution < -0.4 is 5.73 Å². The zero-order valence-corrected chi connectivity index (χ0v) is 15.4. The van der Waals surface area contributed by atoms with Gasteiger partial charge in [-0.15, -0.1) is 5.10 Å². The fraction of sp³-hybridized carbons (Fsp3) is 0.600. The maximum absolute atomic E-state index is 12.5. The van der Waals surface area contributed by atoms with Crippen LogP contribution in [0, 0.1) is 13.8 Å². The van der Waals surface area contributed by atoms with E-state index in [1.165, 1.54) is 0 Å². The van der Waals surface area contributed by atoms with Gasteiger partial charge in [0.2, 0.25) is 11.9 Å². The summed E-state index contributed by atoms with van der Waals surface area (Å²) in [6, 6.07) is -0.226. The van der Waals surface area contributed by atoms with Crippen molar-refractivity contribution < 1.29 is 13.2 Å². The van der Waals surface area contributed by atoms with Crippen LogP contribution in [-0.2, 0) is 21.1 Å². The Kier molecular flexibility index (Phi) is 4.40. The van der Waals surface area contributed by atoms with Gasteiger partial charge in [-0.05, 0) is 32.3 Å². The Morgan fingerprint density at radius 1 is 1.36 bits per heavy atom. The highest BCUT2D eigenvalue weighted by Crippen LogP contribution is 2.19. The molecule has 136 valence electrons. The monoisotopic (exact) mass is 366 g/mol. The molecular formula is C15H22N6O3S. The molecule has 1 amide bonds. The van der Waals surface area contributed by atoms with Gasteiger partial charge in [0.25, 0.3) is 5.78 Å². The van der Waals surface area contributed by atoms with Crippen LogP contribution in [-0.4, -0.2) is 63.4 Å². The summed E-state index contributed by atoms with van der Waals surface area (Å²) in [6.07, 6.45) is 1.30. The highest BCUT2D eigenvalue weighted by molar-refractivity contribution is 7.91. The van der Waals surface area contributed by atoms with Crippen LogP contribution in [0.4, 0.5) is 5.95 Å². The number of carbonyl (C=O) groups is 1. The molecule has 1 unspecified atom stereocenters. The molecule has 2 aromatic rings. The lowest BCUT2D eigenvalue weighted by Crippen LogP contribution is -2.38. The van der Waals surface area contributed by atoms with Crippen molar-refractivity contribution in [2.75, 3.05) is 24.3 Å². The fourth-order valence-corrected chi connectivity index (χ4v) is 5.05. The van der Waals surface area contributed by atoms with Crippen LogP contribution in [0.15, 0.2) is 0 Å². The van der Waals surface area contributed by atoms with E-state index in [1.54, 1.807) is 16.5 Å². The first kappa shape index (κ1) is 17.6. The Hall–Kier alpha value is -2.23. The van der Waals surface area contributed by atoms with Crippen molar-refractivity contribution in [3.8, 4) is 0 Å². The molecule has 9 nitrogen and oxygen atoms in total. The minimum absolute atomic E-state index is 0.0546. The van der Waals surface area contributed by atoms with Crippen LogP contribution in [0.1, 0.15) is 29.8 Å². The Balaban J connectivity index is 1.73. The molecule has 10 heteroatoms. The number of aryl methyl sites for hydroxylation is 2. The Bertz CT molecular complexity index is 936. The Morgan fingerprint density at radius 2 is 2.08 bits per heavy atom. The number of hydrogen-bond donors (Lipinski definition) is 1. The number of amides is 1. The van der Waals surface area contributed by atoms with Gasteiger partial charge in [-0.3, -0.25) is 4.79 Å². The molecule has 3 rings (SSSR count). The maximum atomic E-state index is 12.5. The molecule has 0 radical (unpaired) electrons. The molecule has 0 aromatic carbocycles. The predicted molar refractivity (Wildman–Crippen MR) is 92.8 cm³/mol. The molecule has 0 saturated carbocycles. The zero-order valence-electron chi connectivity index (χ0n) is 14.6. The van der Waals surface area contributed by atoms with Crippen LogP contribution in [0.3, 0.4) is 0 Å². The van der Waals surface area contributed by atoms with Crippen molar-refractivity contribution in [3.63, 3.8) is 0 Å². The molecule has 1 atom stereocenters. The van der Waals surface area contributed by atoms with Gasteiger partial charge < -0.3 is 10.6 Å². The van der Waals surface area contributed by atoms with E-state index in [4.69, 9.17) is 5.73 Å². The standard InChI is InChI=1S/C15H22N6O3S/c1-9-12(10(2)21-15(17-9)18-14(16)19-21)4-5-13(22)20(3)11-6-7-25(23,24)8-11/h11H,4-8H2,1-3H3,(H2,16,19). The third kappa shape index (κ3) is 3.44. The van der Waals surface area contributed by atoms with Gasteiger partial charge in [0.1, 0.15) is 0 Å². The van der Waals surface area contributed by atoms with Gasteiger partial charge in [0.15, 0.2) is 9.84 Å². The van der Waals surface area contributed by atoms with Crippen molar-refractivity contribution in [1.29, 1.82) is 0 Å². The molecule has 0 bridgehead atoms. The van der Waals surface area contributed by atoms with E-state index in [-0.39, 0.29) is 35.8 Å². The lowest BCUT2D eigenvalue weighted by Gasteiger charge is -2.23. The summed E-state index contributed by atoms with van der Waals surface area (Å²) in [5.74, 6) is 0.737. The number of hydrogen-bond acceptors (Lipinski definition) is 7. The SMILES string of the molecule is Cc1nc2nc(N)nn2c(C)c1CCC(=O)N(C)C1CCS(=O)(=O)C1. The molecule has 0 aliphatic carbocycles. The topological polar surface area (TPSA) is 124 Å². The lowest BCUT2D eigenvalue weighted by atomic mass is 10.1. The maximum Gasteiger partial charge on any atom is 0.254 e. The van der Waals surface area contributed by atoms with Gasteiger partial charge in [-0.1, -0.05) is 0 Å². The molecule has 1 saturated heterocycles. The number of anilines is 1. The first-order valence-electron chi connectivity index (χ1n) is 8.12. The number of fused-ring (bicyclic) bond motifs is 1. The number of aromatic nitrogens is 4. The van der Waals surface area contributed by atoms with Crippen LogP contribution in [0.2, 0.25) is 0 Å². The van der Waals surface area contributed by atoms with Gasteiger partial charge in [-0.2, -0.15) is 9.50 Å². The summed E-state index contributed by atoms with van der Waals surface area (Å²) in [5, 5.41) is 4.11. The number of nitrogens with zero attached hydrogens (tertiary/aromatic N) is 5. The number of nitrogen functional groups attached to an aromatic ring is 1. The van der Waals surface area contributed by atoms with E-state index in [2.05, 4.69) is 15.1 Å². The van der Waals surface area contributed by atoms with E-state index in [0.717, 1.165) is 17.0 Å². The second-order valence-electron chi connectivity index (χ2n) is 6.50. The largest absolute Gasteiger partial charge is 0.366 e. The summed E-state index contributed by atoms with van der Waals surface area (Å²) in [6.45, 7) is 3.76. The molecule has 2 N–H and O–H groups in total. The molecule has 1 aliphatic rings.